The maximum Gasteiger partial charge on any atom is 2.00 e. The second kappa shape index (κ2) is 13.5. The third kappa shape index (κ3) is 8.42. The fourth-order valence-corrected chi connectivity index (χ4v) is 2.37. The van der Waals surface area contributed by atoms with E-state index in [1.165, 1.54) is 6.92 Å². The molecular weight excluding hydrogens is 482 g/mol. The van der Waals surface area contributed by atoms with E-state index in [9.17, 15) is 4.79 Å². The van der Waals surface area contributed by atoms with Gasteiger partial charge in [-0.05, 0) is 22.5 Å². The third-order valence-electron chi connectivity index (χ3n) is 3.66. The van der Waals surface area contributed by atoms with Crippen LogP contribution in [0.25, 0.3) is 0 Å². The number of anilines is 1. The molecule has 1 radical (unpaired) electrons. The van der Waals surface area contributed by atoms with Crippen molar-refractivity contribution < 1.29 is 21.9 Å². The fraction of sp³-hybridized carbons (Fsp3) is 0.150. The molecule has 0 aliphatic heterocycles. The molecule has 0 spiro atoms. The quantitative estimate of drug-likeness (QED) is 0.184. The van der Waals surface area contributed by atoms with Crippen LogP contribution < -0.4 is 16.0 Å². The number of rotatable bonds is 6. The Hall–Kier alpha value is -2.85. The van der Waals surface area contributed by atoms with E-state index in [2.05, 4.69) is 36.4 Å². The number of carbonyl (C=O) groups is 1. The van der Waals surface area contributed by atoms with Crippen LogP contribution in [0.2, 0.25) is 0 Å². The molecule has 165 valence electrons. The molecule has 8 nitrogen and oxygen atoms in total. The summed E-state index contributed by atoms with van der Waals surface area (Å²) in [5, 5.41) is 25.5. The van der Waals surface area contributed by atoms with E-state index in [4.69, 9.17) is 25.3 Å². The number of nitrogens with one attached hydrogen (secondary N) is 3. The van der Waals surface area contributed by atoms with Crippen molar-refractivity contribution >= 4 is 58.6 Å². The number of hydrogen-bond donors (Lipinski definition) is 3. The summed E-state index contributed by atoms with van der Waals surface area (Å²) in [7, 11) is 3.33. The Bertz CT molecular complexity index is 990. The summed E-state index contributed by atoms with van der Waals surface area (Å²) in [6, 6.07) is 16.6. The van der Waals surface area contributed by atoms with Crippen molar-refractivity contribution in [2.75, 3.05) is 19.4 Å². The van der Waals surface area contributed by atoms with Gasteiger partial charge < -0.3 is 41.2 Å². The standard InChI is InChI=1S/C20H23N7OS2.Cu/c1-13(28)23-16-11-9-15(10-12-16)18(25-27-20(30)22-3)17(24-26-19(29)21-2)14-7-5-4-6-8-14;/h4-12H,1-3H3,(H,23,28)(H2,21,26,29)(H2,22,27,30);/q;+2/p-2/b24-17+,25-18+;. The van der Waals surface area contributed by atoms with Crippen molar-refractivity contribution in [3.63, 3.8) is 0 Å². The summed E-state index contributed by atoms with van der Waals surface area (Å²) in [4.78, 5) is 11.3. The molecule has 0 saturated carbocycles. The van der Waals surface area contributed by atoms with Gasteiger partial charge in [0.15, 0.2) is 0 Å². The van der Waals surface area contributed by atoms with Gasteiger partial charge in [-0.25, -0.2) is 0 Å². The molecule has 0 heterocycles. The van der Waals surface area contributed by atoms with Gasteiger partial charge in [0, 0.05) is 37.8 Å². The van der Waals surface area contributed by atoms with Gasteiger partial charge in [-0.2, -0.15) is 10.2 Å². The molecule has 2 aromatic rings. The number of carbonyl (C=O) groups excluding carboxylic acids is 1. The van der Waals surface area contributed by atoms with E-state index in [0.29, 0.717) is 22.7 Å². The topological polar surface area (TPSA) is 103 Å². The van der Waals surface area contributed by atoms with Crippen LogP contribution in [0.4, 0.5) is 5.69 Å². The molecule has 31 heavy (non-hydrogen) atoms. The van der Waals surface area contributed by atoms with E-state index < -0.39 is 0 Å². The summed E-state index contributed by atoms with van der Waals surface area (Å²) < 4.78 is 0. The average molecular weight is 503 g/mol. The first kappa shape index (κ1) is 26.2. The minimum atomic E-state index is -0.156. The Labute approximate surface area is 203 Å². The van der Waals surface area contributed by atoms with Gasteiger partial charge >= 0.3 is 17.1 Å². The predicted octanol–water partition coefficient (Wildman–Crippen LogP) is 2.00. The number of benzene rings is 2. The molecular formula is C20H21CuN7OS2. The van der Waals surface area contributed by atoms with Crippen LogP contribution in [-0.2, 0) is 47.1 Å². The van der Waals surface area contributed by atoms with E-state index >= 15 is 0 Å². The third-order valence-corrected chi connectivity index (χ3v) is 4.23. The smallest absolute Gasteiger partial charge is 0.741 e. The summed E-state index contributed by atoms with van der Waals surface area (Å²) in [5.41, 5.74) is 3.04. The molecule has 11 heteroatoms. The van der Waals surface area contributed by atoms with Crippen LogP contribution in [0.3, 0.4) is 0 Å². The second-order valence-electron chi connectivity index (χ2n) is 5.83. The molecule has 0 saturated heterocycles. The zero-order valence-electron chi connectivity index (χ0n) is 17.0. The van der Waals surface area contributed by atoms with Crippen LogP contribution in [0.5, 0.6) is 0 Å². The summed E-state index contributed by atoms with van der Waals surface area (Å²) in [6.07, 6.45) is 0. The van der Waals surface area contributed by atoms with Crippen LogP contribution in [0.15, 0.2) is 75.0 Å². The van der Waals surface area contributed by atoms with Crippen molar-refractivity contribution in [1.82, 2.24) is 10.6 Å². The molecule has 2 rings (SSSR count). The zero-order chi connectivity index (χ0) is 21.9. The average Bonchev–Trinajstić information content (AvgIpc) is 2.76. The number of amidine groups is 2. The van der Waals surface area contributed by atoms with E-state index in [1.54, 1.807) is 38.4 Å². The monoisotopic (exact) mass is 502 g/mol. The molecule has 0 fully saturated rings. The Morgan fingerprint density at radius 1 is 0.742 bits per heavy atom. The van der Waals surface area contributed by atoms with Gasteiger partial charge in [-0.1, -0.05) is 42.5 Å². The molecule has 3 N–H and O–H groups in total. The SMILES string of the molecule is CN/C([S-])=N/N=C(/C(=N/N=C(\[S-])NC)c1ccc(NC(C)=O)cc1)c1ccccc1.[Cu+2]. The molecule has 0 atom stereocenters. The largest absolute Gasteiger partial charge is 2.00 e. The Balaban J connectivity index is 0.00000480. The predicted molar refractivity (Wildman–Crippen MR) is 128 cm³/mol. The van der Waals surface area contributed by atoms with Crippen molar-refractivity contribution in [2.24, 2.45) is 20.4 Å². The molecule has 0 bridgehead atoms. The Kier molecular flexibility index (Phi) is 11.4. The first-order chi connectivity index (χ1) is 14.4. The minimum absolute atomic E-state index is 0. The van der Waals surface area contributed by atoms with Crippen LogP contribution in [0.1, 0.15) is 18.1 Å². The van der Waals surface area contributed by atoms with Gasteiger partial charge in [-0.3, -0.25) is 4.79 Å². The maximum atomic E-state index is 11.3. The van der Waals surface area contributed by atoms with Gasteiger partial charge in [0.25, 0.3) is 0 Å². The molecule has 1 amide bonds. The Morgan fingerprint density at radius 2 is 1.19 bits per heavy atom. The van der Waals surface area contributed by atoms with Crippen molar-refractivity contribution in [2.45, 2.75) is 6.92 Å². The minimum Gasteiger partial charge on any atom is -0.741 e. The number of nitrogens with zero attached hydrogens (tertiary/aromatic N) is 4. The van der Waals surface area contributed by atoms with Crippen molar-refractivity contribution in [1.29, 1.82) is 0 Å². The summed E-state index contributed by atoms with van der Waals surface area (Å²) in [5.74, 6) is -0.156. The fourth-order valence-electron chi connectivity index (χ4n) is 2.29. The van der Waals surface area contributed by atoms with E-state index in [0.717, 1.165) is 5.56 Å². The first-order valence-electron chi connectivity index (χ1n) is 8.89. The molecule has 2 aromatic carbocycles. The van der Waals surface area contributed by atoms with Gasteiger partial charge in [-0.15, -0.1) is 10.2 Å². The zero-order valence-corrected chi connectivity index (χ0v) is 19.6. The van der Waals surface area contributed by atoms with Gasteiger partial charge in [0.1, 0.15) is 11.4 Å². The van der Waals surface area contributed by atoms with Crippen LogP contribution >= 0.6 is 0 Å². The van der Waals surface area contributed by atoms with Gasteiger partial charge in [0.05, 0.1) is 0 Å². The molecule has 0 unspecified atom stereocenters. The number of hydrogen-bond acceptors (Lipinski definition) is 7. The number of amides is 1. The Morgan fingerprint density at radius 3 is 1.61 bits per heavy atom. The molecule has 0 aromatic heterocycles. The maximum absolute atomic E-state index is 11.3. The summed E-state index contributed by atoms with van der Waals surface area (Å²) >= 11 is 10.2. The first-order valence-corrected chi connectivity index (χ1v) is 9.71. The normalized spacial score (nSPS) is 12.6. The molecule has 0 aliphatic rings. The van der Waals surface area contributed by atoms with Crippen molar-refractivity contribution in [3.05, 3.63) is 65.7 Å². The second-order valence-corrected chi connectivity index (χ2v) is 6.61. The van der Waals surface area contributed by atoms with E-state index in [1.807, 2.05) is 30.3 Å². The van der Waals surface area contributed by atoms with Crippen LogP contribution in [-0.4, -0.2) is 41.8 Å². The molecule has 0 aliphatic carbocycles. The summed E-state index contributed by atoms with van der Waals surface area (Å²) in [6.45, 7) is 1.45. The van der Waals surface area contributed by atoms with Crippen LogP contribution in [0, 0.1) is 0 Å². The van der Waals surface area contributed by atoms with E-state index in [-0.39, 0.29) is 33.3 Å². The van der Waals surface area contributed by atoms with Gasteiger partial charge in [0.2, 0.25) is 5.91 Å². The van der Waals surface area contributed by atoms with Crippen molar-refractivity contribution in [3.8, 4) is 0 Å².